The molecule has 0 aliphatic heterocycles. The molecular weight excluding hydrogens is 306 g/mol. The minimum Gasteiger partial charge on any atom is -0.395 e. The molecule has 0 radical (unpaired) electrons. The molecule has 2 rings (SSSR count). The lowest BCUT2D eigenvalue weighted by atomic mass is 10.2. The predicted molar refractivity (Wildman–Crippen MR) is 87.0 cm³/mol. The molecule has 1 aromatic heterocycles. The van der Waals surface area contributed by atoms with Crippen LogP contribution in [-0.4, -0.2) is 17.6 Å². The van der Waals surface area contributed by atoms with E-state index in [1.807, 2.05) is 24.4 Å². The lowest BCUT2D eigenvalue weighted by Crippen LogP contribution is -2.10. The van der Waals surface area contributed by atoms with Crippen molar-refractivity contribution in [2.24, 2.45) is 0 Å². The van der Waals surface area contributed by atoms with Gasteiger partial charge in [0, 0.05) is 17.7 Å². The molecule has 0 spiro atoms. The van der Waals surface area contributed by atoms with Crippen LogP contribution in [0.1, 0.15) is 27.2 Å². The number of thiophene rings is 1. The minimum atomic E-state index is -0.224. The molecule has 1 amide bonds. The second-order valence-electron chi connectivity index (χ2n) is 4.37. The lowest BCUT2D eigenvalue weighted by molar-refractivity contribution is 0.103. The van der Waals surface area contributed by atoms with Gasteiger partial charge in [-0.3, -0.25) is 4.79 Å². The third-order valence-corrected chi connectivity index (χ3v) is 4.39. The summed E-state index contributed by atoms with van der Waals surface area (Å²) >= 11 is 7.41. The van der Waals surface area contributed by atoms with Crippen molar-refractivity contribution >= 4 is 34.5 Å². The normalized spacial score (nSPS) is 9.86. The van der Waals surface area contributed by atoms with Gasteiger partial charge in [0.25, 0.3) is 5.91 Å². The van der Waals surface area contributed by atoms with Gasteiger partial charge >= 0.3 is 0 Å². The zero-order valence-electron chi connectivity index (χ0n) is 11.4. The molecule has 108 valence electrons. The Labute approximate surface area is 132 Å². The molecule has 1 heterocycles. The first-order valence-electron chi connectivity index (χ1n) is 6.36. The van der Waals surface area contributed by atoms with Crippen LogP contribution >= 0.6 is 22.9 Å². The van der Waals surface area contributed by atoms with E-state index < -0.39 is 0 Å². The van der Waals surface area contributed by atoms with Crippen LogP contribution in [0, 0.1) is 18.8 Å². The largest absolute Gasteiger partial charge is 0.395 e. The van der Waals surface area contributed by atoms with Crippen LogP contribution in [0.2, 0.25) is 5.02 Å². The number of halogens is 1. The molecule has 0 bridgehead atoms. The van der Waals surface area contributed by atoms with Crippen molar-refractivity contribution in [2.45, 2.75) is 13.3 Å². The van der Waals surface area contributed by atoms with E-state index in [0.29, 0.717) is 22.0 Å². The number of carbonyl (C=O) groups excluding carboxylic acids is 1. The quantitative estimate of drug-likeness (QED) is 0.848. The molecule has 0 atom stereocenters. The van der Waals surface area contributed by atoms with Crippen molar-refractivity contribution in [3.63, 3.8) is 0 Å². The number of aliphatic hydroxyl groups is 1. The first-order valence-corrected chi connectivity index (χ1v) is 7.62. The van der Waals surface area contributed by atoms with Crippen LogP contribution in [-0.2, 0) is 0 Å². The Kier molecular flexibility index (Phi) is 5.40. The monoisotopic (exact) mass is 319 g/mol. The second kappa shape index (κ2) is 7.28. The number of benzene rings is 1. The summed E-state index contributed by atoms with van der Waals surface area (Å²) in [6.45, 7) is 1.91. The van der Waals surface area contributed by atoms with Gasteiger partial charge in [-0.05, 0) is 36.1 Å². The molecule has 0 fully saturated rings. The fourth-order valence-corrected chi connectivity index (χ4v) is 2.84. The predicted octanol–water partition coefficient (Wildman–Crippen LogP) is 3.70. The summed E-state index contributed by atoms with van der Waals surface area (Å²) in [5.41, 5.74) is 2.35. The number of anilines is 1. The second-order valence-corrected chi connectivity index (χ2v) is 5.63. The van der Waals surface area contributed by atoms with Crippen LogP contribution in [0.4, 0.5) is 5.69 Å². The number of carbonyl (C=O) groups is 1. The van der Waals surface area contributed by atoms with Gasteiger partial charge in [-0.1, -0.05) is 29.5 Å². The SMILES string of the molecule is Cc1csc(C(=O)Nc2cccc(C#CCCO)c2)c1Cl. The topological polar surface area (TPSA) is 49.3 Å². The number of rotatable bonds is 3. The van der Waals surface area contributed by atoms with E-state index in [4.69, 9.17) is 16.7 Å². The van der Waals surface area contributed by atoms with Crippen molar-refractivity contribution in [3.8, 4) is 11.8 Å². The van der Waals surface area contributed by atoms with Crippen molar-refractivity contribution in [1.82, 2.24) is 0 Å². The first kappa shape index (κ1) is 15.6. The van der Waals surface area contributed by atoms with Gasteiger partial charge in [0.1, 0.15) is 4.88 Å². The van der Waals surface area contributed by atoms with Crippen molar-refractivity contribution in [1.29, 1.82) is 0 Å². The molecule has 0 aliphatic rings. The molecule has 0 saturated heterocycles. The molecule has 1 aromatic carbocycles. The van der Waals surface area contributed by atoms with Crippen molar-refractivity contribution < 1.29 is 9.90 Å². The molecule has 0 aliphatic carbocycles. The molecule has 2 aromatic rings. The van der Waals surface area contributed by atoms with Gasteiger partial charge in [0.15, 0.2) is 0 Å². The zero-order valence-corrected chi connectivity index (χ0v) is 13.0. The highest BCUT2D eigenvalue weighted by Crippen LogP contribution is 2.27. The van der Waals surface area contributed by atoms with Crippen LogP contribution in [0.5, 0.6) is 0 Å². The Bertz CT molecular complexity index is 713. The summed E-state index contributed by atoms with van der Waals surface area (Å²) in [4.78, 5) is 12.7. The highest BCUT2D eigenvalue weighted by atomic mass is 35.5. The third kappa shape index (κ3) is 4.08. The maximum Gasteiger partial charge on any atom is 0.267 e. The summed E-state index contributed by atoms with van der Waals surface area (Å²) in [5.74, 6) is 5.55. The summed E-state index contributed by atoms with van der Waals surface area (Å²) < 4.78 is 0. The maximum absolute atomic E-state index is 12.2. The van der Waals surface area contributed by atoms with E-state index in [-0.39, 0.29) is 12.5 Å². The Morgan fingerprint density at radius 1 is 1.48 bits per heavy atom. The fraction of sp³-hybridized carbons (Fsp3) is 0.188. The van der Waals surface area contributed by atoms with Crippen LogP contribution in [0.3, 0.4) is 0 Å². The third-order valence-electron chi connectivity index (χ3n) is 2.70. The van der Waals surface area contributed by atoms with Crippen molar-refractivity contribution in [2.75, 3.05) is 11.9 Å². The van der Waals surface area contributed by atoms with E-state index in [1.165, 1.54) is 11.3 Å². The van der Waals surface area contributed by atoms with E-state index in [2.05, 4.69) is 17.2 Å². The number of aryl methyl sites for hydroxylation is 1. The lowest BCUT2D eigenvalue weighted by Gasteiger charge is -2.04. The minimum absolute atomic E-state index is 0.0413. The highest BCUT2D eigenvalue weighted by molar-refractivity contribution is 7.13. The number of aliphatic hydroxyl groups excluding tert-OH is 1. The zero-order chi connectivity index (χ0) is 15.2. The number of nitrogens with one attached hydrogen (secondary N) is 1. The van der Waals surface area contributed by atoms with E-state index in [1.54, 1.807) is 12.1 Å². The molecule has 0 unspecified atom stereocenters. The molecule has 5 heteroatoms. The molecule has 0 saturated carbocycles. The summed E-state index contributed by atoms with van der Waals surface area (Å²) in [6, 6.07) is 7.25. The number of amides is 1. The first-order chi connectivity index (χ1) is 10.1. The van der Waals surface area contributed by atoms with E-state index in [9.17, 15) is 4.79 Å². The average Bonchev–Trinajstić information content (AvgIpc) is 2.80. The smallest absolute Gasteiger partial charge is 0.267 e. The molecule has 3 nitrogen and oxygen atoms in total. The standard InChI is InChI=1S/C16H14ClNO2S/c1-11-10-21-15(14(11)17)16(20)18-13-7-4-6-12(9-13)5-2-3-8-19/h4,6-7,9-10,19H,3,8H2,1H3,(H,18,20). The maximum atomic E-state index is 12.2. The Hall–Kier alpha value is -1.80. The Morgan fingerprint density at radius 2 is 2.29 bits per heavy atom. The van der Waals surface area contributed by atoms with Gasteiger partial charge in [-0.25, -0.2) is 0 Å². The van der Waals surface area contributed by atoms with Crippen LogP contribution < -0.4 is 5.32 Å². The van der Waals surface area contributed by atoms with Crippen LogP contribution in [0.15, 0.2) is 29.6 Å². The Balaban J connectivity index is 2.13. The van der Waals surface area contributed by atoms with Gasteiger partial charge in [0.05, 0.1) is 11.6 Å². The number of hydrogen-bond acceptors (Lipinski definition) is 3. The van der Waals surface area contributed by atoms with Gasteiger partial charge in [-0.2, -0.15) is 0 Å². The molecule has 21 heavy (non-hydrogen) atoms. The summed E-state index contributed by atoms with van der Waals surface area (Å²) in [7, 11) is 0. The van der Waals surface area contributed by atoms with E-state index >= 15 is 0 Å². The average molecular weight is 320 g/mol. The van der Waals surface area contributed by atoms with Gasteiger partial charge in [0.2, 0.25) is 0 Å². The molecular formula is C16H14ClNO2S. The van der Waals surface area contributed by atoms with Gasteiger partial charge in [-0.15, -0.1) is 11.3 Å². The van der Waals surface area contributed by atoms with Gasteiger partial charge < -0.3 is 10.4 Å². The van der Waals surface area contributed by atoms with E-state index in [0.717, 1.165) is 11.1 Å². The molecule has 2 N–H and O–H groups in total. The summed E-state index contributed by atoms with van der Waals surface area (Å²) in [5, 5.41) is 13.9. The van der Waals surface area contributed by atoms with Crippen molar-refractivity contribution in [3.05, 3.63) is 50.7 Å². The Morgan fingerprint density at radius 3 is 2.95 bits per heavy atom. The number of hydrogen-bond donors (Lipinski definition) is 2. The highest BCUT2D eigenvalue weighted by Gasteiger charge is 2.14. The summed E-state index contributed by atoms with van der Waals surface area (Å²) in [6.07, 6.45) is 0.431. The van der Waals surface area contributed by atoms with Crippen LogP contribution in [0.25, 0.3) is 0 Å². The fourth-order valence-electron chi connectivity index (χ4n) is 1.67.